The molecule has 174 valence electrons. The van der Waals surface area contributed by atoms with Gasteiger partial charge in [-0.25, -0.2) is 4.79 Å². The standard InChI is InChI=1S/C26H30N2O5/c1-25(2,3)28(15-22(29)30)23(31)26(13-8-14-26)27-24(32)33-16-21-19-11-6-4-9-17(19)18-10-5-7-12-20(18)21/h4-7,9-12,21H,8,13-16H2,1-3H3,(H,27,32)(H,29,30). The minimum absolute atomic E-state index is 0.0747. The Hall–Kier alpha value is -3.35. The number of rotatable bonds is 6. The number of nitrogens with zero attached hydrogens (tertiary/aromatic N) is 1. The van der Waals surface area contributed by atoms with Gasteiger partial charge in [-0.15, -0.1) is 0 Å². The van der Waals surface area contributed by atoms with Gasteiger partial charge in [-0.3, -0.25) is 9.59 Å². The van der Waals surface area contributed by atoms with E-state index in [1.165, 1.54) is 4.90 Å². The number of carboxylic acids is 1. The van der Waals surface area contributed by atoms with Crippen molar-refractivity contribution in [2.45, 2.75) is 57.0 Å². The minimum atomic E-state index is -1.12. The van der Waals surface area contributed by atoms with Crippen molar-refractivity contribution in [3.63, 3.8) is 0 Å². The Morgan fingerprint density at radius 3 is 2.03 bits per heavy atom. The maximum atomic E-state index is 13.3. The van der Waals surface area contributed by atoms with Gasteiger partial charge in [0.1, 0.15) is 18.7 Å². The van der Waals surface area contributed by atoms with Gasteiger partial charge in [-0.1, -0.05) is 48.5 Å². The van der Waals surface area contributed by atoms with Crippen molar-refractivity contribution in [1.82, 2.24) is 10.2 Å². The van der Waals surface area contributed by atoms with Gasteiger partial charge in [-0.2, -0.15) is 0 Å². The first kappa shape index (κ1) is 22.8. The van der Waals surface area contributed by atoms with Crippen LogP contribution in [0.4, 0.5) is 4.79 Å². The average molecular weight is 451 g/mol. The van der Waals surface area contributed by atoms with Gasteiger partial charge in [-0.05, 0) is 62.3 Å². The zero-order chi connectivity index (χ0) is 23.8. The molecule has 0 bridgehead atoms. The van der Waals surface area contributed by atoms with E-state index in [0.717, 1.165) is 28.7 Å². The largest absolute Gasteiger partial charge is 0.480 e. The van der Waals surface area contributed by atoms with Gasteiger partial charge in [0.2, 0.25) is 5.91 Å². The molecule has 0 unspecified atom stereocenters. The molecule has 0 saturated heterocycles. The van der Waals surface area contributed by atoms with Crippen LogP contribution in [0, 0.1) is 0 Å². The summed E-state index contributed by atoms with van der Waals surface area (Å²) in [6.45, 7) is 5.09. The highest BCUT2D eigenvalue weighted by molar-refractivity contribution is 5.93. The zero-order valence-corrected chi connectivity index (χ0v) is 19.3. The topological polar surface area (TPSA) is 95.9 Å². The predicted octanol–water partition coefficient (Wildman–Crippen LogP) is 4.16. The van der Waals surface area contributed by atoms with E-state index in [1.54, 1.807) is 20.8 Å². The molecule has 0 radical (unpaired) electrons. The van der Waals surface area contributed by atoms with E-state index < -0.39 is 29.7 Å². The number of benzene rings is 2. The van der Waals surface area contributed by atoms with Gasteiger partial charge in [0, 0.05) is 11.5 Å². The molecule has 33 heavy (non-hydrogen) atoms. The van der Waals surface area contributed by atoms with E-state index in [4.69, 9.17) is 4.74 Å². The lowest BCUT2D eigenvalue weighted by Gasteiger charge is -2.46. The molecule has 0 heterocycles. The maximum Gasteiger partial charge on any atom is 0.408 e. The molecule has 0 aliphatic heterocycles. The average Bonchev–Trinajstić information content (AvgIpc) is 3.05. The molecule has 0 spiro atoms. The molecular weight excluding hydrogens is 420 g/mol. The number of carbonyl (C=O) groups is 3. The Morgan fingerprint density at radius 2 is 1.58 bits per heavy atom. The number of amides is 2. The van der Waals surface area contributed by atoms with Crippen molar-refractivity contribution < 1.29 is 24.2 Å². The molecule has 7 nitrogen and oxygen atoms in total. The van der Waals surface area contributed by atoms with Crippen LogP contribution in [0.15, 0.2) is 48.5 Å². The quantitative estimate of drug-likeness (QED) is 0.689. The molecule has 2 aliphatic carbocycles. The van der Waals surface area contributed by atoms with Crippen LogP contribution in [0.25, 0.3) is 11.1 Å². The van der Waals surface area contributed by atoms with Crippen molar-refractivity contribution in [1.29, 1.82) is 0 Å². The smallest absolute Gasteiger partial charge is 0.408 e. The predicted molar refractivity (Wildman–Crippen MR) is 124 cm³/mol. The second-order valence-corrected chi connectivity index (χ2v) is 9.84. The maximum absolute atomic E-state index is 13.3. The third-order valence-electron chi connectivity index (χ3n) is 6.65. The monoisotopic (exact) mass is 450 g/mol. The summed E-state index contributed by atoms with van der Waals surface area (Å²) in [5, 5.41) is 12.1. The summed E-state index contributed by atoms with van der Waals surface area (Å²) >= 11 is 0. The molecule has 0 aromatic heterocycles. The Morgan fingerprint density at radius 1 is 1.03 bits per heavy atom. The van der Waals surface area contributed by atoms with Crippen LogP contribution >= 0.6 is 0 Å². The second-order valence-electron chi connectivity index (χ2n) is 9.84. The highest BCUT2D eigenvalue weighted by atomic mass is 16.5. The minimum Gasteiger partial charge on any atom is -0.480 e. The summed E-state index contributed by atoms with van der Waals surface area (Å²) in [5.74, 6) is -1.54. The van der Waals surface area contributed by atoms with E-state index in [-0.39, 0.29) is 18.4 Å². The lowest BCUT2D eigenvalue weighted by Crippen LogP contribution is -2.66. The van der Waals surface area contributed by atoms with E-state index in [0.29, 0.717) is 12.8 Å². The zero-order valence-electron chi connectivity index (χ0n) is 19.3. The number of aliphatic carboxylic acids is 1. The molecule has 4 rings (SSSR count). The van der Waals surface area contributed by atoms with Crippen LogP contribution in [0.5, 0.6) is 0 Å². The molecular formula is C26H30N2O5. The van der Waals surface area contributed by atoms with Crippen LogP contribution in [0.2, 0.25) is 0 Å². The molecule has 2 aromatic carbocycles. The number of hydrogen-bond acceptors (Lipinski definition) is 4. The van der Waals surface area contributed by atoms with E-state index in [1.807, 2.05) is 36.4 Å². The van der Waals surface area contributed by atoms with Crippen molar-refractivity contribution >= 4 is 18.0 Å². The van der Waals surface area contributed by atoms with Gasteiger partial charge in [0.15, 0.2) is 0 Å². The van der Waals surface area contributed by atoms with Crippen LogP contribution in [-0.2, 0) is 14.3 Å². The normalized spacial score (nSPS) is 16.2. The van der Waals surface area contributed by atoms with Crippen LogP contribution in [0.1, 0.15) is 57.1 Å². The number of carbonyl (C=O) groups excluding carboxylic acids is 2. The Balaban J connectivity index is 1.47. The summed E-state index contributed by atoms with van der Waals surface area (Å²) < 4.78 is 5.63. The third-order valence-corrected chi connectivity index (χ3v) is 6.65. The highest BCUT2D eigenvalue weighted by Gasteiger charge is 2.50. The summed E-state index contributed by atoms with van der Waals surface area (Å²) in [5.41, 5.74) is 2.69. The first-order valence-corrected chi connectivity index (χ1v) is 11.3. The second kappa shape index (κ2) is 8.54. The van der Waals surface area contributed by atoms with Crippen molar-refractivity contribution in [3.8, 4) is 11.1 Å². The number of ether oxygens (including phenoxy) is 1. The summed E-state index contributed by atoms with van der Waals surface area (Å²) in [6.07, 6.45) is 1.04. The fraction of sp³-hybridized carbons (Fsp3) is 0.423. The lowest BCUT2D eigenvalue weighted by atomic mass is 9.75. The fourth-order valence-electron chi connectivity index (χ4n) is 4.76. The van der Waals surface area contributed by atoms with Crippen molar-refractivity contribution in [3.05, 3.63) is 59.7 Å². The molecule has 2 aliphatic rings. The van der Waals surface area contributed by atoms with Crippen LogP contribution in [0.3, 0.4) is 0 Å². The first-order valence-electron chi connectivity index (χ1n) is 11.3. The number of nitrogens with one attached hydrogen (secondary N) is 1. The number of hydrogen-bond donors (Lipinski definition) is 2. The molecule has 7 heteroatoms. The molecule has 0 atom stereocenters. The Labute approximate surface area is 193 Å². The summed E-state index contributed by atoms with van der Waals surface area (Å²) in [6, 6.07) is 16.2. The highest BCUT2D eigenvalue weighted by Crippen LogP contribution is 2.44. The molecule has 2 N–H and O–H groups in total. The molecule has 1 fully saturated rings. The van der Waals surface area contributed by atoms with E-state index in [2.05, 4.69) is 17.4 Å². The molecule has 2 amide bonds. The number of carboxylic acid groups (broad SMARTS) is 1. The summed E-state index contributed by atoms with van der Waals surface area (Å²) in [7, 11) is 0. The lowest BCUT2D eigenvalue weighted by molar-refractivity contribution is -0.154. The van der Waals surface area contributed by atoms with Crippen molar-refractivity contribution in [2.24, 2.45) is 0 Å². The fourth-order valence-corrected chi connectivity index (χ4v) is 4.76. The van der Waals surface area contributed by atoms with Gasteiger partial charge in [0.25, 0.3) is 0 Å². The van der Waals surface area contributed by atoms with Gasteiger partial charge in [0.05, 0.1) is 0 Å². The van der Waals surface area contributed by atoms with Crippen LogP contribution in [-0.4, -0.2) is 52.2 Å². The van der Waals surface area contributed by atoms with Crippen molar-refractivity contribution in [2.75, 3.05) is 13.2 Å². The van der Waals surface area contributed by atoms with Gasteiger partial charge < -0.3 is 20.1 Å². The van der Waals surface area contributed by atoms with E-state index >= 15 is 0 Å². The third kappa shape index (κ3) is 4.32. The van der Waals surface area contributed by atoms with E-state index in [9.17, 15) is 19.5 Å². The Bertz CT molecular complexity index is 1040. The first-order chi connectivity index (χ1) is 15.6. The van der Waals surface area contributed by atoms with Gasteiger partial charge >= 0.3 is 12.1 Å². The molecule has 2 aromatic rings. The summed E-state index contributed by atoms with van der Waals surface area (Å²) in [4.78, 5) is 38.8. The number of alkyl carbamates (subject to hydrolysis) is 1. The number of fused-ring (bicyclic) bond motifs is 3. The molecule has 1 saturated carbocycles. The van der Waals surface area contributed by atoms with Crippen LogP contribution < -0.4 is 5.32 Å². The Kier molecular flexibility index (Phi) is 5.91. The SMILES string of the molecule is CC(C)(C)N(CC(=O)O)C(=O)C1(NC(=O)OCC2c3ccccc3-c3ccccc32)CCC1.